The van der Waals surface area contributed by atoms with Crippen LogP contribution in [-0.4, -0.2) is 38.7 Å². The Balaban J connectivity index is 1.65. The number of nitrogens with zero attached hydrogens (tertiary/aromatic N) is 4. The van der Waals surface area contributed by atoms with Gasteiger partial charge >= 0.3 is 6.09 Å². The zero-order chi connectivity index (χ0) is 18.1. The average Bonchev–Trinajstić information content (AvgIpc) is 3.05. The smallest absolute Gasteiger partial charge is 0.391 e. The third-order valence-electron chi connectivity index (χ3n) is 4.33. The number of halogens is 2. The molecule has 0 atom stereocenters. The van der Waals surface area contributed by atoms with Crippen molar-refractivity contribution in [2.45, 2.75) is 19.3 Å². The average molecular weight is 375 g/mol. The summed E-state index contributed by atoms with van der Waals surface area (Å²) < 4.78 is 21.0. The van der Waals surface area contributed by atoms with Gasteiger partial charge in [0.05, 0.1) is 17.4 Å². The number of amides is 1. The van der Waals surface area contributed by atoms with Crippen LogP contribution in [0.5, 0.6) is 5.88 Å². The highest BCUT2D eigenvalue weighted by molar-refractivity contribution is 6.31. The van der Waals surface area contributed by atoms with Crippen molar-refractivity contribution in [2.24, 2.45) is 0 Å². The number of rotatable bonds is 2. The molecular formula is C18H16ClFN4O2. The van der Waals surface area contributed by atoms with Gasteiger partial charge in [0.2, 0.25) is 5.88 Å². The normalized spacial score (nSPS) is 14.6. The van der Waals surface area contributed by atoms with Gasteiger partial charge in [-0.05, 0) is 31.4 Å². The van der Waals surface area contributed by atoms with Gasteiger partial charge in [0, 0.05) is 42.0 Å². The molecule has 0 aliphatic carbocycles. The number of hydrogen-bond acceptors (Lipinski definition) is 4. The van der Waals surface area contributed by atoms with E-state index in [-0.39, 0.29) is 5.88 Å². The first kappa shape index (κ1) is 16.8. The van der Waals surface area contributed by atoms with E-state index in [0.717, 1.165) is 25.3 Å². The molecule has 6 nitrogen and oxygen atoms in total. The number of piperidine rings is 1. The zero-order valence-corrected chi connectivity index (χ0v) is 14.6. The van der Waals surface area contributed by atoms with Crippen LogP contribution in [0.15, 0.2) is 36.7 Å². The van der Waals surface area contributed by atoms with E-state index in [1.807, 2.05) is 0 Å². The molecule has 1 fully saturated rings. The van der Waals surface area contributed by atoms with Crippen LogP contribution in [0.1, 0.15) is 19.3 Å². The Morgan fingerprint density at radius 3 is 2.81 bits per heavy atom. The SMILES string of the molecule is O=C(Oc1cc(F)cc(-c2cnn3ccc(Cl)cc23)n1)N1CCCCC1. The lowest BCUT2D eigenvalue weighted by Gasteiger charge is -2.25. The summed E-state index contributed by atoms with van der Waals surface area (Å²) in [6, 6.07) is 5.80. The third-order valence-corrected chi connectivity index (χ3v) is 4.57. The van der Waals surface area contributed by atoms with Crippen molar-refractivity contribution in [3.05, 3.63) is 47.5 Å². The quantitative estimate of drug-likeness (QED) is 0.675. The van der Waals surface area contributed by atoms with Crippen LogP contribution in [0.2, 0.25) is 5.02 Å². The van der Waals surface area contributed by atoms with Crippen LogP contribution in [-0.2, 0) is 0 Å². The van der Waals surface area contributed by atoms with E-state index in [2.05, 4.69) is 10.1 Å². The second-order valence-corrected chi connectivity index (χ2v) is 6.59. The molecule has 0 bridgehead atoms. The summed E-state index contributed by atoms with van der Waals surface area (Å²) in [5.74, 6) is -0.616. The fourth-order valence-corrected chi connectivity index (χ4v) is 3.21. The van der Waals surface area contributed by atoms with Gasteiger partial charge in [0.15, 0.2) is 0 Å². The van der Waals surface area contributed by atoms with Gasteiger partial charge in [0.1, 0.15) is 5.82 Å². The number of fused-ring (bicyclic) bond motifs is 1. The van der Waals surface area contributed by atoms with Crippen LogP contribution in [0.3, 0.4) is 0 Å². The molecule has 0 spiro atoms. The number of carbonyl (C=O) groups excluding carboxylic acids is 1. The molecule has 4 rings (SSSR count). The molecule has 134 valence electrons. The summed E-state index contributed by atoms with van der Waals surface area (Å²) >= 11 is 6.04. The molecule has 1 aliphatic heterocycles. The molecule has 8 heteroatoms. The van der Waals surface area contributed by atoms with Gasteiger partial charge in [-0.25, -0.2) is 18.7 Å². The number of likely N-dealkylation sites (tertiary alicyclic amines) is 1. The summed E-state index contributed by atoms with van der Waals surface area (Å²) in [7, 11) is 0. The molecule has 3 aromatic heterocycles. The lowest BCUT2D eigenvalue weighted by molar-refractivity contribution is 0.141. The molecule has 4 heterocycles. The largest absolute Gasteiger partial charge is 0.416 e. The highest BCUT2D eigenvalue weighted by Gasteiger charge is 2.20. The third kappa shape index (κ3) is 3.35. The molecule has 0 saturated carbocycles. The van der Waals surface area contributed by atoms with Crippen molar-refractivity contribution >= 4 is 23.2 Å². The summed E-state index contributed by atoms with van der Waals surface area (Å²) in [6.45, 7) is 1.29. The molecule has 0 aromatic carbocycles. The standard InChI is InChI=1S/C18H16ClFN4O2/c19-12-4-7-24-16(8-12)14(11-21-24)15-9-13(20)10-17(22-15)26-18(25)23-5-2-1-3-6-23/h4,7-11H,1-3,5-6H2. The monoisotopic (exact) mass is 374 g/mol. The maximum absolute atomic E-state index is 14.1. The minimum atomic E-state index is -0.544. The minimum Gasteiger partial charge on any atom is -0.391 e. The number of pyridine rings is 2. The van der Waals surface area contributed by atoms with Crippen molar-refractivity contribution < 1.29 is 13.9 Å². The number of aromatic nitrogens is 3. The zero-order valence-electron chi connectivity index (χ0n) is 13.9. The maximum Gasteiger partial charge on any atom is 0.416 e. The topological polar surface area (TPSA) is 59.7 Å². The summed E-state index contributed by atoms with van der Waals surface area (Å²) in [5.41, 5.74) is 1.61. The van der Waals surface area contributed by atoms with Gasteiger partial charge in [-0.15, -0.1) is 0 Å². The molecule has 26 heavy (non-hydrogen) atoms. The fourth-order valence-electron chi connectivity index (χ4n) is 3.05. The minimum absolute atomic E-state index is 0.0723. The number of ether oxygens (including phenoxy) is 1. The van der Waals surface area contributed by atoms with Crippen LogP contribution >= 0.6 is 11.6 Å². The van der Waals surface area contributed by atoms with E-state index in [1.54, 1.807) is 33.9 Å². The fraction of sp³-hybridized carbons (Fsp3) is 0.278. The number of hydrogen-bond donors (Lipinski definition) is 0. The molecule has 1 saturated heterocycles. The Hall–Kier alpha value is -2.67. The Morgan fingerprint density at radius 2 is 2.00 bits per heavy atom. The Bertz CT molecular complexity index is 969. The summed E-state index contributed by atoms with van der Waals surface area (Å²) in [4.78, 5) is 18.1. The van der Waals surface area contributed by atoms with E-state index in [0.29, 0.717) is 34.9 Å². The predicted molar refractivity (Wildman–Crippen MR) is 94.8 cm³/mol. The van der Waals surface area contributed by atoms with Gasteiger partial charge in [-0.1, -0.05) is 11.6 Å². The van der Waals surface area contributed by atoms with Crippen LogP contribution < -0.4 is 4.74 Å². The van der Waals surface area contributed by atoms with Crippen molar-refractivity contribution in [3.8, 4) is 17.1 Å². The predicted octanol–water partition coefficient (Wildman–Crippen LogP) is 4.17. The second kappa shape index (κ2) is 6.92. The Kier molecular flexibility index (Phi) is 4.46. The molecule has 1 amide bonds. The van der Waals surface area contributed by atoms with E-state index in [1.165, 1.54) is 6.07 Å². The lowest BCUT2D eigenvalue weighted by atomic mass is 10.1. The first-order valence-electron chi connectivity index (χ1n) is 8.38. The van der Waals surface area contributed by atoms with Gasteiger partial charge < -0.3 is 9.64 Å². The number of carbonyl (C=O) groups is 1. The lowest BCUT2D eigenvalue weighted by Crippen LogP contribution is -2.37. The first-order chi connectivity index (χ1) is 12.6. The van der Waals surface area contributed by atoms with E-state index in [9.17, 15) is 9.18 Å². The van der Waals surface area contributed by atoms with Crippen molar-refractivity contribution in [3.63, 3.8) is 0 Å². The van der Waals surface area contributed by atoms with Crippen LogP contribution in [0.4, 0.5) is 9.18 Å². The maximum atomic E-state index is 14.1. The molecule has 3 aromatic rings. The Morgan fingerprint density at radius 1 is 1.19 bits per heavy atom. The second-order valence-electron chi connectivity index (χ2n) is 6.16. The van der Waals surface area contributed by atoms with Gasteiger partial charge in [-0.2, -0.15) is 5.10 Å². The Labute approximate surface area is 154 Å². The van der Waals surface area contributed by atoms with Crippen molar-refractivity contribution in [2.75, 3.05) is 13.1 Å². The highest BCUT2D eigenvalue weighted by Crippen LogP contribution is 2.27. The van der Waals surface area contributed by atoms with Gasteiger partial charge in [0.25, 0.3) is 0 Å². The van der Waals surface area contributed by atoms with Crippen molar-refractivity contribution in [1.82, 2.24) is 19.5 Å². The molecule has 0 radical (unpaired) electrons. The van der Waals surface area contributed by atoms with Crippen molar-refractivity contribution in [1.29, 1.82) is 0 Å². The summed E-state index contributed by atoms with van der Waals surface area (Å²) in [5, 5.41) is 4.74. The molecular weight excluding hydrogens is 359 g/mol. The van der Waals surface area contributed by atoms with E-state index in [4.69, 9.17) is 16.3 Å². The molecule has 0 N–H and O–H groups in total. The van der Waals surface area contributed by atoms with Crippen LogP contribution in [0, 0.1) is 5.82 Å². The summed E-state index contributed by atoms with van der Waals surface area (Å²) in [6.07, 6.45) is 5.77. The molecule has 0 unspecified atom stereocenters. The van der Waals surface area contributed by atoms with E-state index >= 15 is 0 Å². The first-order valence-corrected chi connectivity index (χ1v) is 8.75. The van der Waals surface area contributed by atoms with Gasteiger partial charge in [-0.3, -0.25) is 0 Å². The highest BCUT2D eigenvalue weighted by atomic mass is 35.5. The molecule has 1 aliphatic rings. The van der Waals surface area contributed by atoms with E-state index < -0.39 is 11.9 Å². The van der Waals surface area contributed by atoms with Crippen LogP contribution in [0.25, 0.3) is 16.8 Å².